The molecule has 1 aliphatic carbocycles. The first-order chi connectivity index (χ1) is 12.2. The molecular weight excluding hydrogens is 338 g/mol. The molecule has 2 heterocycles. The predicted molar refractivity (Wildman–Crippen MR) is 98.0 cm³/mol. The number of anilines is 2. The summed E-state index contributed by atoms with van der Waals surface area (Å²) in [6.45, 7) is 0. The Labute approximate surface area is 148 Å². The zero-order valence-corrected chi connectivity index (χ0v) is 14.4. The van der Waals surface area contributed by atoms with Gasteiger partial charge in [-0.25, -0.2) is 4.98 Å². The highest BCUT2D eigenvalue weighted by atomic mass is 32.1. The number of nitrogens with one attached hydrogen (secondary N) is 1. The molecule has 3 aromatic rings. The molecule has 0 aliphatic heterocycles. The molecule has 0 radical (unpaired) electrons. The fourth-order valence-electron chi connectivity index (χ4n) is 2.97. The van der Waals surface area contributed by atoms with Crippen LogP contribution in [0.3, 0.4) is 0 Å². The fourth-order valence-corrected chi connectivity index (χ4v) is 3.93. The molecule has 4 rings (SSSR count). The number of nitrogens with two attached hydrogens (primary N) is 1. The topological polar surface area (TPSA) is 106 Å². The molecule has 2 atom stereocenters. The van der Waals surface area contributed by atoms with E-state index in [-0.39, 0.29) is 12.1 Å². The molecule has 1 saturated carbocycles. The van der Waals surface area contributed by atoms with Crippen LogP contribution in [-0.4, -0.2) is 32.4 Å². The van der Waals surface area contributed by atoms with Gasteiger partial charge in [-0.3, -0.25) is 0 Å². The Morgan fingerprint density at radius 3 is 2.84 bits per heavy atom. The third-order valence-electron chi connectivity index (χ3n) is 4.28. The summed E-state index contributed by atoms with van der Waals surface area (Å²) >= 11 is 1.55. The Morgan fingerprint density at radius 1 is 1.16 bits per heavy atom. The Hall–Kier alpha value is -2.45. The number of aliphatic hydroxyl groups is 1. The summed E-state index contributed by atoms with van der Waals surface area (Å²) in [5.41, 5.74) is 6.42. The van der Waals surface area contributed by atoms with E-state index in [9.17, 15) is 5.11 Å². The molecule has 25 heavy (non-hydrogen) atoms. The molecule has 1 aromatic carbocycles. The van der Waals surface area contributed by atoms with E-state index in [4.69, 9.17) is 10.5 Å². The summed E-state index contributed by atoms with van der Waals surface area (Å²) in [5.74, 6) is 1.41. The minimum absolute atomic E-state index is 0.0788. The highest BCUT2D eigenvalue weighted by Crippen LogP contribution is 2.32. The number of hydrogen-bond acceptors (Lipinski definition) is 8. The van der Waals surface area contributed by atoms with Crippen molar-refractivity contribution in [2.75, 3.05) is 11.1 Å². The average Bonchev–Trinajstić information content (AvgIpc) is 3.01. The van der Waals surface area contributed by atoms with Gasteiger partial charge in [-0.15, -0.1) is 10.2 Å². The molecule has 7 nitrogen and oxygen atoms in total. The lowest BCUT2D eigenvalue weighted by molar-refractivity contribution is 0.116. The van der Waals surface area contributed by atoms with Gasteiger partial charge in [-0.2, -0.15) is 0 Å². The van der Waals surface area contributed by atoms with Gasteiger partial charge in [0, 0.05) is 12.1 Å². The Kier molecular flexibility index (Phi) is 4.37. The Morgan fingerprint density at radius 2 is 2.04 bits per heavy atom. The van der Waals surface area contributed by atoms with Gasteiger partial charge in [0.2, 0.25) is 5.88 Å². The number of nitrogen functional groups attached to an aromatic ring is 1. The number of aliphatic hydroxyl groups excluding tert-OH is 1. The van der Waals surface area contributed by atoms with Crippen LogP contribution in [0.15, 0.2) is 30.3 Å². The second kappa shape index (κ2) is 6.81. The van der Waals surface area contributed by atoms with Crippen molar-refractivity contribution in [2.24, 2.45) is 0 Å². The van der Waals surface area contributed by atoms with Gasteiger partial charge in [-0.1, -0.05) is 24.2 Å². The van der Waals surface area contributed by atoms with Crippen molar-refractivity contribution in [3.05, 3.63) is 30.3 Å². The number of aromatic nitrogens is 3. The molecule has 2 aromatic heterocycles. The van der Waals surface area contributed by atoms with Crippen LogP contribution >= 0.6 is 11.3 Å². The maximum atomic E-state index is 10.1. The standard InChI is InChI=1S/C17H19N5O2S/c18-15-7-8-16(22-21-15)24-10-5-6-12-14(9-10)25-17(20-12)19-11-3-1-2-4-13(11)23/h5-9,11,13,23H,1-4H2,(H2,18,21)(H,19,20)/t11-,13-/m1/s1. The number of benzene rings is 1. The molecule has 0 amide bonds. The van der Waals surface area contributed by atoms with E-state index in [1.54, 1.807) is 23.5 Å². The van der Waals surface area contributed by atoms with Crippen LogP contribution in [0, 0.1) is 0 Å². The minimum Gasteiger partial charge on any atom is -0.437 e. The molecule has 0 saturated heterocycles. The number of ether oxygens (including phenoxy) is 1. The van der Waals surface area contributed by atoms with Gasteiger partial charge in [0.15, 0.2) is 5.13 Å². The second-order valence-corrected chi connectivity index (χ2v) is 7.18. The van der Waals surface area contributed by atoms with Crippen LogP contribution in [0.5, 0.6) is 11.6 Å². The summed E-state index contributed by atoms with van der Waals surface area (Å²) < 4.78 is 6.72. The van der Waals surface area contributed by atoms with Crippen LogP contribution in [0.1, 0.15) is 25.7 Å². The zero-order chi connectivity index (χ0) is 17.2. The molecule has 1 fully saturated rings. The maximum Gasteiger partial charge on any atom is 0.238 e. The lowest BCUT2D eigenvalue weighted by atomic mass is 9.93. The Balaban J connectivity index is 1.51. The minimum atomic E-state index is -0.302. The first kappa shape index (κ1) is 16.0. The van der Waals surface area contributed by atoms with E-state index < -0.39 is 0 Å². The van der Waals surface area contributed by atoms with Crippen LogP contribution in [0.25, 0.3) is 10.2 Å². The normalized spacial score (nSPS) is 20.5. The molecule has 0 spiro atoms. The summed E-state index contributed by atoms with van der Waals surface area (Å²) in [6.07, 6.45) is 3.75. The largest absolute Gasteiger partial charge is 0.437 e. The van der Waals surface area contributed by atoms with Gasteiger partial charge in [0.25, 0.3) is 0 Å². The number of nitrogens with zero attached hydrogens (tertiary/aromatic N) is 3. The number of rotatable bonds is 4. The fraction of sp³-hybridized carbons (Fsp3) is 0.353. The first-order valence-corrected chi connectivity index (χ1v) is 9.11. The highest BCUT2D eigenvalue weighted by Gasteiger charge is 2.23. The van der Waals surface area contributed by atoms with E-state index in [2.05, 4.69) is 20.5 Å². The van der Waals surface area contributed by atoms with Crippen molar-refractivity contribution < 1.29 is 9.84 Å². The van der Waals surface area contributed by atoms with Crippen LogP contribution in [0.2, 0.25) is 0 Å². The SMILES string of the molecule is Nc1ccc(Oc2ccc3nc(N[C@@H]4CCCC[C@H]4O)sc3c2)nn1. The molecule has 130 valence electrons. The monoisotopic (exact) mass is 357 g/mol. The van der Waals surface area contributed by atoms with E-state index in [1.165, 1.54) is 0 Å². The molecule has 8 heteroatoms. The van der Waals surface area contributed by atoms with Gasteiger partial charge in [-0.05, 0) is 31.0 Å². The molecular formula is C17H19N5O2S. The van der Waals surface area contributed by atoms with Crippen LogP contribution in [0.4, 0.5) is 10.9 Å². The summed E-state index contributed by atoms with van der Waals surface area (Å²) in [6, 6.07) is 9.08. The van der Waals surface area contributed by atoms with Crippen molar-refractivity contribution in [1.29, 1.82) is 0 Å². The zero-order valence-electron chi connectivity index (χ0n) is 13.6. The van der Waals surface area contributed by atoms with Crippen molar-refractivity contribution >= 4 is 32.5 Å². The molecule has 1 aliphatic rings. The Bertz CT molecular complexity index is 867. The maximum absolute atomic E-state index is 10.1. The lowest BCUT2D eigenvalue weighted by Gasteiger charge is -2.27. The summed E-state index contributed by atoms with van der Waals surface area (Å²) in [7, 11) is 0. The van der Waals surface area contributed by atoms with E-state index >= 15 is 0 Å². The van der Waals surface area contributed by atoms with Crippen LogP contribution < -0.4 is 15.8 Å². The molecule has 4 N–H and O–H groups in total. The third-order valence-corrected chi connectivity index (χ3v) is 5.23. The van der Waals surface area contributed by atoms with Crippen molar-refractivity contribution in [2.45, 2.75) is 37.8 Å². The summed E-state index contributed by atoms with van der Waals surface area (Å²) in [5, 5.41) is 22.0. The van der Waals surface area contributed by atoms with Crippen molar-refractivity contribution in [3.63, 3.8) is 0 Å². The molecule has 0 unspecified atom stereocenters. The second-order valence-electron chi connectivity index (χ2n) is 6.15. The average molecular weight is 357 g/mol. The number of thiazole rings is 1. The van der Waals surface area contributed by atoms with Gasteiger partial charge < -0.3 is 20.9 Å². The summed E-state index contributed by atoms with van der Waals surface area (Å²) in [4.78, 5) is 4.60. The van der Waals surface area contributed by atoms with E-state index in [0.717, 1.165) is 41.0 Å². The van der Waals surface area contributed by atoms with Gasteiger partial charge >= 0.3 is 0 Å². The smallest absolute Gasteiger partial charge is 0.238 e. The lowest BCUT2D eigenvalue weighted by Crippen LogP contribution is -2.36. The van der Waals surface area contributed by atoms with Crippen molar-refractivity contribution in [3.8, 4) is 11.6 Å². The van der Waals surface area contributed by atoms with Gasteiger partial charge in [0.1, 0.15) is 11.6 Å². The molecule has 0 bridgehead atoms. The van der Waals surface area contributed by atoms with Crippen molar-refractivity contribution in [1.82, 2.24) is 15.2 Å². The van der Waals surface area contributed by atoms with E-state index in [1.807, 2.05) is 18.2 Å². The number of fused-ring (bicyclic) bond motifs is 1. The van der Waals surface area contributed by atoms with Gasteiger partial charge in [0.05, 0.1) is 22.4 Å². The predicted octanol–water partition coefficient (Wildman–Crippen LogP) is 3.18. The highest BCUT2D eigenvalue weighted by molar-refractivity contribution is 7.22. The first-order valence-electron chi connectivity index (χ1n) is 8.30. The number of hydrogen-bond donors (Lipinski definition) is 3. The van der Waals surface area contributed by atoms with E-state index in [0.29, 0.717) is 17.4 Å². The quantitative estimate of drug-likeness (QED) is 0.658. The van der Waals surface area contributed by atoms with Crippen LogP contribution in [-0.2, 0) is 0 Å². The third kappa shape index (κ3) is 3.64.